The van der Waals surface area contributed by atoms with Gasteiger partial charge in [-0.3, -0.25) is 14.8 Å². The summed E-state index contributed by atoms with van der Waals surface area (Å²) < 4.78 is 29.6. The molecule has 0 saturated heterocycles. The number of aromatic nitrogens is 2. The first-order chi connectivity index (χ1) is 12.9. The van der Waals surface area contributed by atoms with Crippen LogP contribution in [0.4, 0.5) is 5.69 Å². The number of nitro groups is 1. The second kappa shape index (κ2) is 7.68. The van der Waals surface area contributed by atoms with Crippen molar-refractivity contribution in [3.05, 3.63) is 87.7 Å². The van der Waals surface area contributed by atoms with Gasteiger partial charge in [-0.1, -0.05) is 30.3 Å². The molecule has 1 aromatic heterocycles. The van der Waals surface area contributed by atoms with E-state index in [9.17, 15) is 18.5 Å². The van der Waals surface area contributed by atoms with Gasteiger partial charge in [0.25, 0.3) is 5.69 Å². The Hall–Kier alpha value is -3.04. The Labute approximate surface area is 156 Å². The first-order valence-corrected chi connectivity index (χ1v) is 9.64. The van der Waals surface area contributed by atoms with Gasteiger partial charge in [0.15, 0.2) is 0 Å². The number of hydrogen-bond acceptors (Lipinski definition) is 5. The van der Waals surface area contributed by atoms with Crippen molar-refractivity contribution in [3.63, 3.8) is 0 Å². The van der Waals surface area contributed by atoms with Crippen LogP contribution >= 0.6 is 0 Å². The zero-order chi connectivity index (χ0) is 19.4. The highest BCUT2D eigenvalue weighted by Gasteiger charge is 2.20. The van der Waals surface area contributed by atoms with Crippen molar-refractivity contribution >= 4 is 15.7 Å². The smallest absolute Gasteiger partial charge is 0.268 e. The van der Waals surface area contributed by atoms with Crippen molar-refractivity contribution in [3.8, 4) is 0 Å². The number of sulfonamides is 1. The first kappa shape index (κ1) is 18.7. The van der Waals surface area contributed by atoms with E-state index in [-0.39, 0.29) is 17.1 Å². The Morgan fingerprint density at radius 2 is 1.89 bits per heavy atom. The first-order valence-electron chi connectivity index (χ1n) is 8.16. The van der Waals surface area contributed by atoms with E-state index in [0.29, 0.717) is 12.1 Å². The van der Waals surface area contributed by atoms with Gasteiger partial charge >= 0.3 is 0 Å². The number of rotatable bonds is 7. The highest BCUT2D eigenvalue weighted by molar-refractivity contribution is 7.89. The molecule has 0 unspecified atom stereocenters. The molecule has 0 aliphatic rings. The van der Waals surface area contributed by atoms with Gasteiger partial charge in [0.1, 0.15) is 0 Å². The van der Waals surface area contributed by atoms with Crippen molar-refractivity contribution in [2.75, 3.05) is 0 Å². The van der Waals surface area contributed by atoms with E-state index in [2.05, 4.69) is 9.82 Å². The van der Waals surface area contributed by atoms with Gasteiger partial charge in [-0.15, -0.1) is 0 Å². The van der Waals surface area contributed by atoms with Crippen molar-refractivity contribution < 1.29 is 13.3 Å². The second-order valence-corrected chi connectivity index (χ2v) is 7.74. The van der Waals surface area contributed by atoms with Crippen molar-refractivity contribution in [2.24, 2.45) is 0 Å². The van der Waals surface area contributed by atoms with Gasteiger partial charge < -0.3 is 0 Å². The minimum absolute atomic E-state index is 0.0713. The molecule has 0 aliphatic carbocycles. The van der Waals surface area contributed by atoms with Crippen LogP contribution in [0, 0.1) is 17.0 Å². The number of benzene rings is 2. The molecule has 0 spiro atoms. The summed E-state index contributed by atoms with van der Waals surface area (Å²) in [6.45, 7) is 2.19. The molecule has 27 heavy (non-hydrogen) atoms. The Morgan fingerprint density at radius 1 is 1.15 bits per heavy atom. The monoisotopic (exact) mass is 386 g/mol. The summed E-state index contributed by atoms with van der Waals surface area (Å²) in [5, 5.41) is 15.1. The summed E-state index contributed by atoms with van der Waals surface area (Å²) in [6.07, 6.45) is 3.50. The van der Waals surface area contributed by atoms with Crippen molar-refractivity contribution in [1.82, 2.24) is 14.5 Å². The zero-order valence-corrected chi connectivity index (χ0v) is 15.4. The fourth-order valence-corrected chi connectivity index (χ4v) is 3.96. The van der Waals surface area contributed by atoms with E-state index in [1.807, 2.05) is 36.5 Å². The standard InChI is InChI=1S/C18H18N4O4S/c1-14-7-8-17(22(23)24)11-18(14)27(25,26)20-12-15-5-2-3-6-16(15)13-21-10-4-9-19-21/h2-11,20H,12-13H2,1H3. The van der Waals surface area contributed by atoms with Crippen molar-refractivity contribution in [2.45, 2.75) is 24.9 Å². The van der Waals surface area contributed by atoms with E-state index >= 15 is 0 Å². The number of nitrogens with one attached hydrogen (secondary N) is 1. The third-order valence-electron chi connectivity index (χ3n) is 4.13. The van der Waals surface area contributed by atoms with Gasteiger partial charge in [-0.2, -0.15) is 5.10 Å². The van der Waals surface area contributed by atoms with Gasteiger partial charge in [-0.25, -0.2) is 13.1 Å². The minimum Gasteiger partial charge on any atom is -0.268 e. The molecule has 9 heteroatoms. The summed E-state index contributed by atoms with van der Waals surface area (Å²) in [7, 11) is -3.90. The molecule has 3 rings (SSSR count). The number of nitrogens with zero attached hydrogens (tertiary/aromatic N) is 3. The molecule has 0 amide bonds. The second-order valence-electron chi connectivity index (χ2n) is 6.00. The predicted molar refractivity (Wildman–Crippen MR) is 99.6 cm³/mol. The topological polar surface area (TPSA) is 107 Å². The van der Waals surface area contributed by atoms with Gasteiger partial charge in [0, 0.05) is 31.1 Å². The number of aryl methyl sites for hydroxylation is 1. The number of non-ortho nitro benzene ring substituents is 1. The molecular weight excluding hydrogens is 368 g/mol. The van der Waals surface area contributed by atoms with Crippen LogP contribution in [0.15, 0.2) is 65.8 Å². The Morgan fingerprint density at radius 3 is 2.56 bits per heavy atom. The molecule has 0 fully saturated rings. The van der Waals surface area contributed by atoms with Crippen LogP contribution in [0.5, 0.6) is 0 Å². The fourth-order valence-electron chi connectivity index (χ4n) is 2.70. The lowest BCUT2D eigenvalue weighted by atomic mass is 10.1. The molecule has 0 aliphatic heterocycles. The third kappa shape index (κ3) is 4.39. The summed E-state index contributed by atoms with van der Waals surface area (Å²) >= 11 is 0. The van der Waals surface area contributed by atoms with Crippen LogP contribution in [0.25, 0.3) is 0 Å². The SMILES string of the molecule is Cc1ccc([N+](=O)[O-])cc1S(=O)(=O)NCc1ccccc1Cn1cccn1. The Balaban J connectivity index is 1.82. The Bertz CT molecular complexity index is 1060. The molecule has 2 aromatic carbocycles. The van der Waals surface area contributed by atoms with E-state index in [1.54, 1.807) is 17.8 Å². The minimum atomic E-state index is -3.90. The summed E-state index contributed by atoms with van der Waals surface area (Å²) in [4.78, 5) is 10.2. The lowest BCUT2D eigenvalue weighted by Crippen LogP contribution is -2.25. The molecule has 1 heterocycles. The molecule has 0 bridgehead atoms. The van der Waals surface area contributed by atoms with Crippen LogP contribution in [-0.2, 0) is 23.1 Å². The van der Waals surface area contributed by atoms with Gasteiger partial charge in [0.05, 0.1) is 16.4 Å². The maximum atomic E-state index is 12.7. The molecule has 0 radical (unpaired) electrons. The molecule has 0 atom stereocenters. The highest BCUT2D eigenvalue weighted by atomic mass is 32.2. The maximum Gasteiger partial charge on any atom is 0.270 e. The fraction of sp³-hybridized carbons (Fsp3) is 0.167. The molecular formula is C18H18N4O4S. The average molecular weight is 386 g/mol. The van der Waals surface area contributed by atoms with Crippen molar-refractivity contribution in [1.29, 1.82) is 0 Å². The Kier molecular flexibility index (Phi) is 5.33. The molecule has 140 valence electrons. The van der Waals surface area contributed by atoms with Gasteiger partial charge in [-0.05, 0) is 29.7 Å². The lowest BCUT2D eigenvalue weighted by Gasteiger charge is -2.12. The van der Waals surface area contributed by atoms with Crippen LogP contribution in [0.1, 0.15) is 16.7 Å². The summed E-state index contributed by atoms with van der Waals surface area (Å²) in [6, 6.07) is 13.1. The molecule has 3 aromatic rings. The largest absolute Gasteiger partial charge is 0.270 e. The van der Waals surface area contributed by atoms with E-state index in [0.717, 1.165) is 17.2 Å². The zero-order valence-electron chi connectivity index (χ0n) is 14.6. The number of nitro benzene ring substituents is 1. The van der Waals surface area contributed by atoms with Crippen LogP contribution in [0.3, 0.4) is 0 Å². The molecule has 0 saturated carbocycles. The summed E-state index contributed by atoms with van der Waals surface area (Å²) in [5.41, 5.74) is 1.91. The third-order valence-corrected chi connectivity index (χ3v) is 5.68. The molecule has 1 N–H and O–H groups in total. The maximum absolute atomic E-state index is 12.7. The van der Waals surface area contributed by atoms with E-state index in [1.165, 1.54) is 12.1 Å². The average Bonchev–Trinajstić information content (AvgIpc) is 3.14. The normalized spacial score (nSPS) is 11.4. The summed E-state index contributed by atoms with van der Waals surface area (Å²) in [5.74, 6) is 0. The van der Waals surface area contributed by atoms with Crippen LogP contribution in [-0.4, -0.2) is 23.1 Å². The van der Waals surface area contributed by atoms with E-state index < -0.39 is 14.9 Å². The van der Waals surface area contributed by atoms with Crippen LogP contribution < -0.4 is 4.72 Å². The van der Waals surface area contributed by atoms with Crippen LogP contribution in [0.2, 0.25) is 0 Å². The highest BCUT2D eigenvalue weighted by Crippen LogP contribution is 2.22. The number of hydrogen-bond donors (Lipinski definition) is 1. The lowest BCUT2D eigenvalue weighted by molar-refractivity contribution is -0.385. The predicted octanol–water partition coefficient (Wildman–Crippen LogP) is 2.63. The molecule has 8 nitrogen and oxygen atoms in total. The van der Waals surface area contributed by atoms with E-state index in [4.69, 9.17) is 0 Å². The van der Waals surface area contributed by atoms with Gasteiger partial charge in [0.2, 0.25) is 10.0 Å². The quantitative estimate of drug-likeness (QED) is 0.496.